The minimum absolute atomic E-state index is 0.0968. The highest BCUT2D eigenvalue weighted by Gasteiger charge is 2.22. The summed E-state index contributed by atoms with van der Waals surface area (Å²) in [6.45, 7) is 5.02. The Kier molecular flexibility index (Phi) is 5.88. The molecule has 26 heavy (non-hydrogen) atoms. The summed E-state index contributed by atoms with van der Waals surface area (Å²) in [5.41, 5.74) is 1.92. The number of rotatable bonds is 6. The number of ether oxygens (including phenoxy) is 1. The molecule has 0 aliphatic carbocycles. The van der Waals surface area contributed by atoms with Gasteiger partial charge < -0.3 is 14.5 Å². The zero-order valence-corrected chi connectivity index (χ0v) is 15.3. The lowest BCUT2D eigenvalue weighted by atomic mass is 10.1. The number of para-hydroxylation sites is 1. The van der Waals surface area contributed by atoms with Gasteiger partial charge in [-0.15, -0.1) is 0 Å². The number of hydrogen-bond acceptors (Lipinski definition) is 5. The molecule has 3 rings (SSSR count). The zero-order valence-electron chi connectivity index (χ0n) is 15.3. The molecule has 6 nitrogen and oxygen atoms in total. The number of anilines is 2. The Hall–Kier alpha value is -2.41. The van der Waals surface area contributed by atoms with Crippen molar-refractivity contribution >= 4 is 11.6 Å². The third-order valence-electron chi connectivity index (χ3n) is 4.64. The highest BCUT2D eigenvalue weighted by molar-refractivity contribution is 5.49. The van der Waals surface area contributed by atoms with Gasteiger partial charge in [-0.1, -0.05) is 25.5 Å². The van der Waals surface area contributed by atoms with E-state index in [9.17, 15) is 9.18 Å². The van der Waals surface area contributed by atoms with Crippen molar-refractivity contribution in [3.63, 3.8) is 0 Å². The molecule has 0 unspecified atom stereocenters. The third-order valence-corrected chi connectivity index (χ3v) is 4.64. The lowest BCUT2D eigenvalue weighted by molar-refractivity contribution is 0.180. The highest BCUT2D eigenvalue weighted by Crippen LogP contribution is 2.21. The number of benzene rings is 1. The van der Waals surface area contributed by atoms with Crippen LogP contribution in [0, 0.1) is 5.82 Å². The monoisotopic (exact) mass is 360 g/mol. The Balaban J connectivity index is 1.77. The second kappa shape index (κ2) is 8.31. The van der Waals surface area contributed by atoms with Crippen molar-refractivity contribution in [2.75, 3.05) is 43.1 Å². The van der Waals surface area contributed by atoms with Gasteiger partial charge in [0.15, 0.2) is 0 Å². The van der Waals surface area contributed by atoms with E-state index in [1.165, 1.54) is 6.07 Å². The summed E-state index contributed by atoms with van der Waals surface area (Å²) in [5.74, 6) is 0.355. The average Bonchev–Trinajstić information content (AvgIpc) is 2.65. The zero-order chi connectivity index (χ0) is 18.5. The van der Waals surface area contributed by atoms with E-state index in [0.717, 1.165) is 6.42 Å². The summed E-state index contributed by atoms with van der Waals surface area (Å²) < 4.78 is 19.2. The fourth-order valence-electron chi connectivity index (χ4n) is 3.31. The van der Waals surface area contributed by atoms with Crippen molar-refractivity contribution in [2.45, 2.75) is 26.4 Å². The largest absolute Gasteiger partial charge is 0.378 e. The topological polar surface area (TPSA) is 61.5 Å². The van der Waals surface area contributed by atoms with Gasteiger partial charge in [-0.3, -0.25) is 9.78 Å². The van der Waals surface area contributed by atoms with E-state index in [0.29, 0.717) is 62.1 Å². The van der Waals surface area contributed by atoms with Crippen LogP contribution in [0.25, 0.3) is 0 Å². The second-order valence-electron chi connectivity index (χ2n) is 6.42. The molecule has 7 heteroatoms. The third kappa shape index (κ3) is 3.88. The van der Waals surface area contributed by atoms with Crippen molar-refractivity contribution in [3.8, 4) is 0 Å². The SMILES string of the molecule is CCCc1c(COC)nc(N2CCN(c3ccccc3F)CC2)[nH]c1=O. The molecule has 0 bridgehead atoms. The molecule has 1 fully saturated rings. The lowest BCUT2D eigenvalue weighted by Crippen LogP contribution is -2.48. The van der Waals surface area contributed by atoms with E-state index in [4.69, 9.17) is 4.74 Å². The van der Waals surface area contributed by atoms with Gasteiger partial charge in [-0.05, 0) is 18.6 Å². The number of aromatic amines is 1. The minimum Gasteiger partial charge on any atom is -0.378 e. The summed E-state index contributed by atoms with van der Waals surface area (Å²) in [5, 5.41) is 0. The molecule has 1 saturated heterocycles. The molecule has 1 aliphatic rings. The van der Waals surface area contributed by atoms with Gasteiger partial charge in [0.05, 0.1) is 18.0 Å². The molecule has 2 aromatic rings. The number of hydrogen-bond donors (Lipinski definition) is 1. The second-order valence-corrected chi connectivity index (χ2v) is 6.42. The number of methoxy groups -OCH3 is 1. The van der Waals surface area contributed by atoms with E-state index in [1.807, 2.05) is 22.8 Å². The summed E-state index contributed by atoms with van der Waals surface area (Å²) >= 11 is 0. The molecule has 0 saturated carbocycles. The Morgan fingerprint density at radius 1 is 1.19 bits per heavy atom. The molecular formula is C19H25FN4O2. The first-order valence-corrected chi connectivity index (χ1v) is 8.99. The van der Waals surface area contributed by atoms with Crippen molar-refractivity contribution in [1.29, 1.82) is 0 Å². The predicted octanol–water partition coefficient (Wildman–Crippen LogP) is 2.33. The molecule has 140 valence electrons. The summed E-state index contributed by atoms with van der Waals surface area (Å²) in [6.07, 6.45) is 1.56. The van der Waals surface area contributed by atoms with Gasteiger partial charge in [0.1, 0.15) is 5.82 Å². The number of H-pyrrole nitrogens is 1. The molecule has 0 spiro atoms. The lowest BCUT2D eigenvalue weighted by Gasteiger charge is -2.36. The molecule has 2 heterocycles. The van der Waals surface area contributed by atoms with Crippen LogP contribution in [0.1, 0.15) is 24.6 Å². The van der Waals surface area contributed by atoms with E-state index in [-0.39, 0.29) is 11.4 Å². The fraction of sp³-hybridized carbons (Fsp3) is 0.474. The van der Waals surface area contributed by atoms with Crippen LogP contribution in [-0.2, 0) is 17.8 Å². The van der Waals surface area contributed by atoms with Gasteiger partial charge >= 0.3 is 0 Å². The van der Waals surface area contributed by atoms with Crippen LogP contribution in [0.4, 0.5) is 16.0 Å². The Morgan fingerprint density at radius 2 is 1.88 bits per heavy atom. The van der Waals surface area contributed by atoms with Crippen LogP contribution >= 0.6 is 0 Å². The van der Waals surface area contributed by atoms with Crippen molar-refractivity contribution in [1.82, 2.24) is 9.97 Å². The number of nitrogens with zero attached hydrogens (tertiary/aromatic N) is 3. The average molecular weight is 360 g/mol. The van der Waals surface area contributed by atoms with E-state index in [2.05, 4.69) is 9.97 Å². The maximum Gasteiger partial charge on any atom is 0.255 e. The first-order valence-electron chi connectivity index (χ1n) is 8.99. The van der Waals surface area contributed by atoms with Gasteiger partial charge in [0.2, 0.25) is 5.95 Å². The van der Waals surface area contributed by atoms with Crippen molar-refractivity contribution < 1.29 is 9.13 Å². The Bertz CT molecular complexity index is 800. The minimum atomic E-state index is -0.209. The van der Waals surface area contributed by atoms with Crippen LogP contribution < -0.4 is 15.4 Å². The van der Waals surface area contributed by atoms with Crippen LogP contribution in [0.5, 0.6) is 0 Å². The van der Waals surface area contributed by atoms with Crippen molar-refractivity contribution in [2.24, 2.45) is 0 Å². The van der Waals surface area contributed by atoms with E-state index in [1.54, 1.807) is 19.2 Å². The van der Waals surface area contributed by atoms with Crippen LogP contribution in [0.3, 0.4) is 0 Å². The maximum atomic E-state index is 14.0. The predicted molar refractivity (Wildman–Crippen MR) is 100 cm³/mol. The molecule has 0 radical (unpaired) electrons. The first kappa shape index (κ1) is 18.4. The number of piperazine rings is 1. The summed E-state index contributed by atoms with van der Waals surface area (Å²) in [6, 6.07) is 6.80. The number of nitrogens with one attached hydrogen (secondary N) is 1. The quantitative estimate of drug-likeness (QED) is 0.857. The molecule has 1 aliphatic heterocycles. The number of aromatic nitrogens is 2. The van der Waals surface area contributed by atoms with E-state index < -0.39 is 0 Å². The van der Waals surface area contributed by atoms with Crippen LogP contribution in [0.15, 0.2) is 29.1 Å². The van der Waals surface area contributed by atoms with Gasteiger partial charge in [0, 0.05) is 38.9 Å². The molecule has 0 atom stereocenters. The normalized spacial score (nSPS) is 14.7. The number of halogens is 1. The molecular weight excluding hydrogens is 335 g/mol. The molecule has 1 N–H and O–H groups in total. The van der Waals surface area contributed by atoms with E-state index >= 15 is 0 Å². The van der Waals surface area contributed by atoms with Gasteiger partial charge in [0.25, 0.3) is 5.56 Å². The van der Waals surface area contributed by atoms with Gasteiger partial charge in [-0.25, -0.2) is 9.37 Å². The Labute approximate surface area is 152 Å². The van der Waals surface area contributed by atoms with Gasteiger partial charge in [-0.2, -0.15) is 0 Å². The fourth-order valence-corrected chi connectivity index (χ4v) is 3.31. The Morgan fingerprint density at radius 3 is 2.54 bits per heavy atom. The smallest absolute Gasteiger partial charge is 0.255 e. The standard InChI is InChI=1S/C19H25FN4O2/c1-3-6-14-16(13-26-2)21-19(22-18(14)25)24-11-9-23(10-12-24)17-8-5-4-7-15(17)20/h4-5,7-8H,3,6,9-13H2,1-2H3,(H,21,22,25). The summed E-state index contributed by atoms with van der Waals surface area (Å²) in [7, 11) is 1.60. The molecule has 0 amide bonds. The van der Waals surface area contributed by atoms with Crippen molar-refractivity contribution in [3.05, 3.63) is 51.7 Å². The maximum absolute atomic E-state index is 14.0. The molecule has 1 aromatic carbocycles. The molecule has 1 aromatic heterocycles. The highest BCUT2D eigenvalue weighted by atomic mass is 19.1. The first-order chi connectivity index (χ1) is 12.6. The van der Waals surface area contributed by atoms with Crippen LogP contribution in [-0.4, -0.2) is 43.3 Å². The summed E-state index contributed by atoms with van der Waals surface area (Å²) in [4.78, 5) is 24.1. The van der Waals surface area contributed by atoms with Crippen LogP contribution in [0.2, 0.25) is 0 Å².